The van der Waals surface area contributed by atoms with E-state index in [2.05, 4.69) is 39.4 Å². The van der Waals surface area contributed by atoms with Crippen molar-refractivity contribution in [2.24, 2.45) is 0 Å². The molecule has 94 valence electrons. The van der Waals surface area contributed by atoms with Crippen molar-refractivity contribution < 1.29 is 4.79 Å². The minimum absolute atomic E-state index is 0.0724. The molecular weight excluding hydrogens is 278 g/mol. The van der Waals surface area contributed by atoms with E-state index in [9.17, 15) is 4.79 Å². The van der Waals surface area contributed by atoms with Crippen molar-refractivity contribution in [3.8, 4) is 0 Å². The van der Waals surface area contributed by atoms with Crippen molar-refractivity contribution in [2.45, 2.75) is 39.7 Å². The first-order valence-electron chi connectivity index (χ1n) is 5.77. The molecule has 0 aliphatic heterocycles. The number of hydrogen-bond donors (Lipinski definition) is 1. The number of rotatable bonds is 4. The van der Waals surface area contributed by atoms with Crippen LogP contribution in [0.2, 0.25) is 0 Å². The van der Waals surface area contributed by atoms with E-state index in [-0.39, 0.29) is 11.4 Å². The van der Waals surface area contributed by atoms with Gasteiger partial charge >= 0.3 is 0 Å². The van der Waals surface area contributed by atoms with Gasteiger partial charge in [-0.05, 0) is 38.8 Å². The topological polar surface area (TPSA) is 29.1 Å². The molecule has 0 saturated carbocycles. The quantitative estimate of drug-likeness (QED) is 0.850. The molecule has 0 unspecified atom stereocenters. The molecule has 0 fully saturated rings. The average Bonchev–Trinajstić information content (AvgIpc) is 2.23. The summed E-state index contributed by atoms with van der Waals surface area (Å²) >= 11 is 3.40. The minimum atomic E-state index is -0.200. The lowest BCUT2D eigenvalue weighted by Crippen LogP contribution is -2.45. The van der Waals surface area contributed by atoms with Gasteiger partial charge in [-0.3, -0.25) is 4.79 Å². The first-order valence-corrected chi connectivity index (χ1v) is 6.89. The molecule has 0 spiro atoms. The van der Waals surface area contributed by atoms with Crippen molar-refractivity contribution in [1.82, 2.24) is 5.32 Å². The summed E-state index contributed by atoms with van der Waals surface area (Å²) in [4.78, 5) is 11.9. The fourth-order valence-corrected chi connectivity index (χ4v) is 1.76. The van der Waals surface area contributed by atoms with Crippen molar-refractivity contribution >= 4 is 21.8 Å². The second-order valence-electron chi connectivity index (χ2n) is 5.17. The summed E-state index contributed by atoms with van der Waals surface area (Å²) in [7, 11) is 0. The van der Waals surface area contributed by atoms with Crippen LogP contribution in [0.25, 0.3) is 0 Å². The minimum Gasteiger partial charge on any atom is -0.350 e. The average molecular weight is 298 g/mol. The second-order valence-corrected chi connectivity index (χ2v) is 5.73. The Morgan fingerprint density at radius 1 is 1.35 bits per heavy atom. The zero-order chi connectivity index (χ0) is 13.1. The lowest BCUT2D eigenvalue weighted by atomic mass is 10.0. The highest BCUT2D eigenvalue weighted by Crippen LogP contribution is 2.12. The molecule has 0 aliphatic rings. The summed E-state index contributed by atoms with van der Waals surface area (Å²) in [5.74, 6) is 0.0724. The number of amides is 1. The lowest BCUT2D eigenvalue weighted by molar-refractivity contribution is -0.121. The Kier molecular flexibility index (Phi) is 4.75. The smallest absolute Gasteiger partial charge is 0.224 e. The van der Waals surface area contributed by atoms with Crippen LogP contribution in [0.15, 0.2) is 18.2 Å². The Hall–Kier alpha value is -0.830. The molecule has 0 aromatic heterocycles. The van der Waals surface area contributed by atoms with E-state index >= 15 is 0 Å². The number of carbonyl (C=O) groups excluding carboxylic acids is 1. The third-order valence-corrected chi connectivity index (χ3v) is 4.07. The maximum Gasteiger partial charge on any atom is 0.224 e. The van der Waals surface area contributed by atoms with Gasteiger partial charge in [0.25, 0.3) is 0 Å². The van der Waals surface area contributed by atoms with Crippen LogP contribution in [-0.2, 0) is 11.2 Å². The molecule has 1 amide bonds. The van der Waals surface area contributed by atoms with Gasteiger partial charge in [0.15, 0.2) is 0 Å². The molecule has 0 atom stereocenters. The van der Waals surface area contributed by atoms with Crippen molar-refractivity contribution in [3.63, 3.8) is 0 Å². The Bertz CT molecular complexity index is 413. The van der Waals surface area contributed by atoms with Crippen molar-refractivity contribution in [3.05, 3.63) is 34.9 Å². The molecule has 3 heteroatoms. The predicted octanol–water partition coefficient (Wildman–Crippen LogP) is 3.14. The maximum atomic E-state index is 11.9. The summed E-state index contributed by atoms with van der Waals surface area (Å²) < 4.78 is 0. The number of aryl methyl sites for hydroxylation is 2. The number of hydrogen-bond acceptors (Lipinski definition) is 1. The van der Waals surface area contributed by atoms with Crippen molar-refractivity contribution in [2.75, 3.05) is 5.33 Å². The molecule has 0 saturated heterocycles. The van der Waals surface area contributed by atoms with Gasteiger partial charge in [-0.1, -0.05) is 39.7 Å². The van der Waals surface area contributed by atoms with Crippen LogP contribution >= 0.6 is 15.9 Å². The third-order valence-electron chi connectivity index (χ3n) is 2.67. The highest BCUT2D eigenvalue weighted by Gasteiger charge is 2.18. The van der Waals surface area contributed by atoms with Crippen LogP contribution in [0.4, 0.5) is 0 Å². The van der Waals surface area contributed by atoms with Crippen molar-refractivity contribution in [1.29, 1.82) is 0 Å². The molecule has 0 heterocycles. The molecule has 2 nitrogen and oxygen atoms in total. The van der Waals surface area contributed by atoms with E-state index in [1.807, 2.05) is 27.7 Å². The van der Waals surface area contributed by atoms with E-state index in [0.717, 1.165) is 10.9 Å². The Morgan fingerprint density at radius 3 is 2.59 bits per heavy atom. The summed E-state index contributed by atoms with van der Waals surface area (Å²) in [5.41, 5.74) is 3.27. The number of carbonyl (C=O) groups is 1. The maximum absolute atomic E-state index is 11.9. The molecule has 17 heavy (non-hydrogen) atoms. The Morgan fingerprint density at radius 2 is 2.00 bits per heavy atom. The largest absolute Gasteiger partial charge is 0.350 e. The molecule has 0 radical (unpaired) electrons. The number of alkyl halides is 1. The highest BCUT2D eigenvalue weighted by atomic mass is 79.9. The normalized spacial score (nSPS) is 11.4. The molecule has 0 aliphatic carbocycles. The fourth-order valence-electron chi connectivity index (χ4n) is 1.62. The van der Waals surface area contributed by atoms with Gasteiger partial charge in [-0.25, -0.2) is 0 Å². The monoisotopic (exact) mass is 297 g/mol. The number of nitrogens with one attached hydrogen (secondary N) is 1. The highest BCUT2D eigenvalue weighted by molar-refractivity contribution is 9.09. The Balaban J connectivity index is 2.71. The first-order chi connectivity index (χ1) is 7.84. The van der Waals surface area contributed by atoms with E-state index in [0.29, 0.717) is 6.42 Å². The number of benzene rings is 1. The lowest BCUT2D eigenvalue weighted by Gasteiger charge is -2.23. The third kappa shape index (κ3) is 4.50. The second kappa shape index (κ2) is 5.67. The summed E-state index contributed by atoms with van der Waals surface area (Å²) in [6.45, 7) is 8.09. The summed E-state index contributed by atoms with van der Waals surface area (Å²) in [5, 5.41) is 3.76. The van der Waals surface area contributed by atoms with Gasteiger partial charge in [0.05, 0.1) is 6.42 Å². The molecule has 1 aromatic carbocycles. The van der Waals surface area contributed by atoms with Gasteiger partial charge in [-0.15, -0.1) is 0 Å². The van der Waals surface area contributed by atoms with Crippen LogP contribution in [-0.4, -0.2) is 16.8 Å². The van der Waals surface area contributed by atoms with Gasteiger partial charge in [0.2, 0.25) is 5.91 Å². The van der Waals surface area contributed by atoms with E-state index in [1.165, 1.54) is 11.1 Å². The predicted molar refractivity (Wildman–Crippen MR) is 75.6 cm³/mol. The van der Waals surface area contributed by atoms with Crippen LogP contribution in [0.3, 0.4) is 0 Å². The zero-order valence-corrected chi connectivity index (χ0v) is 12.5. The van der Waals surface area contributed by atoms with E-state index in [1.54, 1.807) is 0 Å². The fraction of sp³-hybridized carbons (Fsp3) is 0.500. The molecule has 1 rings (SSSR count). The molecular formula is C14H20BrNO. The van der Waals surface area contributed by atoms with Crippen LogP contribution < -0.4 is 5.32 Å². The van der Waals surface area contributed by atoms with Crippen LogP contribution in [0.1, 0.15) is 30.5 Å². The van der Waals surface area contributed by atoms with Gasteiger partial charge in [0.1, 0.15) is 0 Å². The number of halogens is 1. The zero-order valence-electron chi connectivity index (χ0n) is 10.9. The van der Waals surface area contributed by atoms with Gasteiger partial charge in [0, 0.05) is 10.9 Å². The first kappa shape index (κ1) is 14.2. The van der Waals surface area contributed by atoms with Crippen LogP contribution in [0, 0.1) is 13.8 Å². The Labute approximate surface area is 112 Å². The van der Waals surface area contributed by atoms with Crippen LogP contribution in [0.5, 0.6) is 0 Å². The molecule has 1 aromatic rings. The van der Waals surface area contributed by atoms with Gasteiger partial charge < -0.3 is 5.32 Å². The summed E-state index contributed by atoms with van der Waals surface area (Å²) in [6, 6.07) is 6.21. The van der Waals surface area contributed by atoms with Gasteiger partial charge in [-0.2, -0.15) is 0 Å². The SMILES string of the molecule is Cc1ccc(C)c(CC(=O)NC(C)(C)CBr)c1. The molecule has 1 N–H and O–H groups in total. The molecule has 0 bridgehead atoms. The standard InChI is InChI=1S/C14H20BrNO/c1-10-5-6-11(2)12(7-10)8-13(17)16-14(3,4)9-15/h5-7H,8-9H2,1-4H3,(H,16,17). The summed E-state index contributed by atoms with van der Waals surface area (Å²) in [6.07, 6.45) is 0.448. The van der Waals surface area contributed by atoms with E-state index < -0.39 is 0 Å². The van der Waals surface area contributed by atoms with E-state index in [4.69, 9.17) is 0 Å².